The molecule has 0 aliphatic carbocycles. The third kappa shape index (κ3) is 16.3. The standard InChI is InChI=1S/2C30H43N7O2.Ca/c2*1-3-25(4-2)36-15-9-30(10-16-36)17-26(29(38)39)37(22-30)19-24-7-5-23(6-8-24)18-35(20-27-31-11-12-32-27)21-28-33-13-14-34-28;/h2*5-8,11-14,25-26H,3-4,9-10,15-22H2,1-2H3,(H,31,32)(H,33,34)(H,38,39);/q;;+2/p-2/t2*26-;/m00./s1. The Hall–Kier alpha value is -4.76. The monoisotopic (exact) mass is 1100 g/mol. The Balaban J connectivity index is 0.000000205. The second-order valence-electron chi connectivity index (χ2n) is 23.0. The SMILES string of the molecule is CCC(CC)N1CCC2(CC1)C[C@@H](C(=O)[O-])N(Cc1ccc(CN(Cc3ncc[nH]3)Cc3ncc[nH]3)cc1)C2.CCC(CC)N1CCC2(CC1)C[C@@H](C(=O)[O-])N(Cc1ccc(CN(Cc3ncc[nH]3)Cc3ncc[nH]3)cc1)C2.[Ca+2]. The van der Waals surface area contributed by atoms with Crippen LogP contribution in [0, 0.1) is 10.8 Å². The van der Waals surface area contributed by atoms with Crippen molar-refractivity contribution in [2.45, 2.75) is 168 Å². The van der Waals surface area contributed by atoms with Gasteiger partial charge in [-0.1, -0.05) is 76.2 Å². The number of carbonyl (C=O) groups is 2. The van der Waals surface area contributed by atoms with Gasteiger partial charge < -0.3 is 49.5 Å². The third-order valence-corrected chi connectivity index (χ3v) is 17.7. The number of carboxylic acid groups (broad SMARTS) is 2. The number of piperidine rings is 2. The zero-order valence-electron chi connectivity index (χ0n) is 47.3. The molecular weight excluding hydrogens is 1020 g/mol. The number of carboxylic acids is 2. The summed E-state index contributed by atoms with van der Waals surface area (Å²) in [5.41, 5.74) is 4.84. The first kappa shape index (κ1) is 60.3. The summed E-state index contributed by atoms with van der Waals surface area (Å²) in [6, 6.07) is 17.4. The van der Waals surface area contributed by atoms with Crippen LogP contribution < -0.4 is 10.2 Å². The van der Waals surface area contributed by atoms with Crippen molar-refractivity contribution in [1.82, 2.24) is 69.3 Å². The third-order valence-electron chi connectivity index (χ3n) is 17.7. The number of nitrogens with zero attached hydrogens (tertiary/aromatic N) is 10. The largest absolute Gasteiger partial charge is 2.00 e. The molecule has 8 heterocycles. The first-order valence-electron chi connectivity index (χ1n) is 28.8. The summed E-state index contributed by atoms with van der Waals surface area (Å²) in [6.45, 7) is 20.6. The first-order chi connectivity index (χ1) is 37.9. The molecule has 420 valence electrons. The Bertz CT molecular complexity index is 2420. The number of hydrogen-bond donors (Lipinski definition) is 4. The Labute approximate surface area is 497 Å². The van der Waals surface area contributed by atoms with Gasteiger partial charge in [-0.25, -0.2) is 19.9 Å². The van der Waals surface area contributed by atoms with E-state index in [9.17, 15) is 19.8 Å². The maximum atomic E-state index is 12.1. The molecule has 79 heavy (non-hydrogen) atoms. The quantitative estimate of drug-likeness (QED) is 0.0553. The van der Waals surface area contributed by atoms with Crippen LogP contribution in [0.4, 0.5) is 0 Å². The molecule has 0 saturated carbocycles. The van der Waals surface area contributed by atoms with E-state index in [-0.39, 0.29) is 48.6 Å². The average molecular weight is 1110 g/mol. The van der Waals surface area contributed by atoms with Crippen LogP contribution in [-0.2, 0) is 61.9 Å². The normalized spacial score (nSPS) is 19.7. The number of nitrogens with one attached hydrogen (secondary N) is 4. The first-order valence-corrected chi connectivity index (χ1v) is 28.8. The van der Waals surface area contributed by atoms with Crippen LogP contribution in [0.1, 0.15) is 137 Å². The van der Waals surface area contributed by atoms with Crippen molar-refractivity contribution in [3.63, 3.8) is 0 Å². The van der Waals surface area contributed by atoms with Gasteiger partial charge in [-0.3, -0.25) is 19.6 Å². The molecule has 0 amide bonds. The second kappa shape index (κ2) is 28.8. The van der Waals surface area contributed by atoms with Gasteiger partial charge >= 0.3 is 37.7 Å². The summed E-state index contributed by atoms with van der Waals surface area (Å²) < 4.78 is 0. The van der Waals surface area contributed by atoms with Crippen LogP contribution in [0.5, 0.6) is 0 Å². The van der Waals surface area contributed by atoms with Gasteiger partial charge in [0, 0.05) is 101 Å². The molecule has 2 atom stereocenters. The summed E-state index contributed by atoms with van der Waals surface area (Å²) in [5, 5.41) is 24.3. The van der Waals surface area contributed by atoms with Crippen LogP contribution in [0.25, 0.3) is 0 Å². The molecule has 6 aromatic rings. The Morgan fingerprint density at radius 1 is 0.506 bits per heavy atom. The molecule has 4 saturated heterocycles. The summed E-state index contributed by atoms with van der Waals surface area (Å²) in [5.74, 6) is 1.80. The van der Waals surface area contributed by atoms with Crippen molar-refractivity contribution in [1.29, 1.82) is 0 Å². The smallest absolute Gasteiger partial charge is 0.548 e. The van der Waals surface area contributed by atoms with Crippen molar-refractivity contribution in [2.75, 3.05) is 39.3 Å². The van der Waals surface area contributed by atoms with Crippen LogP contribution in [0.15, 0.2) is 98.1 Å². The minimum atomic E-state index is -0.933. The molecule has 0 radical (unpaired) electrons. The molecule has 4 aliphatic heterocycles. The number of benzene rings is 2. The van der Waals surface area contributed by atoms with Crippen molar-refractivity contribution in [3.05, 3.63) is 144 Å². The zero-order valence-corrected chi connectivity index (χ0v) is 49.5. The Morgan fingerprint density at radius 3 is 1.05 bits per heavy atom. The molecule has 0 bridgehead atoms. The van der Waals surface area contributed by atoms with Gasteiger partial charge in [0.15, 0.2) is 0 Å². The van der Waals surface area contributed by atoms with Gasteiger partial charge in [-0.05, 0) is 123 Å². The Morgan fingerprint density at radius 2 is 0.797 bits per heavy atom. The van der Waals surface area contributed by atoms with Crippen molar-refractivity contribution in [2.24, 2.45) is 10.8 Å². The maximum Gasteiger partial charge on any atom is 2.00 e. The van der Waals surface area contributed by atoms with E-state index in [1.165, 1.54) is 36.8 Å². The molecule has 4 fully saturated rings. The predicted molar refractivity (Wildman–Crippen MR) is 302 cm³/mol. The van der Waals surface area contributed by atoms with Crippen molar-refractivity contribution in [3.8, 4) is 0 Å². The summed E-state index contributed by atoms with van der Waals surface area (Å²) in [4.78, 5) is 68.7. The molecule has 19 heteroatoms. The minimum absolute atomic E-state index is 0. The van der Waals surface area contributed by atoms with Gasteiger partial charge in [-0.2, -0.15) is 0 Å². The zero-order chi connectivity index (χ0) is 54.5. The van der Waals surface area contributed by atoms with E-state index in [4.69, 9.17) is 0 Å². The maximum absolute atomic E-state index is 12.1. The molecule has 18 nitrogen and oxygen atoms in total. The summed E-state index contributed by atoms with van der Waals surface area (Å²) in [7, 11) is 0. The van der Waals surface area contributed by atoms with Gasteiger partial charge in [0.1, 0.15) is 23.3 Å². The fourth-order valence-electron chi connectivity index (χ4n) is 13.4. The fraction of sp³-hybridized carbons (Fsp3) is 0.567. The molecule has 0 unspecified atom stereocenters. The van der Waals surface area contributed by atoms with Crippen LogP contribution in [0.3, 0.4) is 0 Å². The van der Waals surface area contributed by atoms with Gasteiger partial charge in [0.2, 0.25) is 0 Å². The van der Waals surface area contributed by atoms with E-state index < -0.39 is 24.0 Å². The van der Waals surface area contributed by atoms with E-state index >= 15 is 0 Å². The molecule has 2 spiro atoms. The van der Waals surface area contributed by atoms with Gasteiger partial charge in [-0.15, -0.1) is 0 Å². The number of H-pyrrole nitrogens is 4. The van der Waals surface area contributed by atoms with E-state index in [0.29, 0.717) is 64.2 Å². The van der Waals surface area contributed by atoms with Crippen LogP contribution >= 0.6 is 0 Å². The molecule has 4 aliphatic rings. The molecule has 10 rings (SSSR count). The number of aromatic nitrogens is 8. The summed E-state index contributed by atoms with van der Waals surface area (Å²) in [6.07, 6.45) is 24.9. The van der Waals surface area contributed by atoms with Gasteiger partial charge in [0.25, 0.3) is 0 Å². The van der Waals surface area contributed by atoms with Crippen molar-refractivity contribution < 1.29 is 19.8 Å². The number of hydrogen-bond acceptors (Lipinski definition) is 14. The molecular formula is C60H84CaN14O4. The molecule has 4 N–H and O–H groups in total. The fourth-order valence-corrected chi connectivity index (χ4v) is 13.4. The van der Waals surface area contributed by atoms with E-state index in [1.807, 2.05) is 24.8 Å². The molecule has 4 aromatic heterocycles. The second-order valence-corrected chi connectivity index (χ2v) is 23.0. The van der Waals surface area contributed by atoms with E-state index in [2.05, 4.69) is 145 Å². The number of rotatable bonds is 24. The number of imidazole rings is 4. The molecule has 2 aromatic carbocycles. The number of carbonyl (C=O) groups excluding carboxylic acids is 2. The van der Waals surface area contributed by atoms with Crippen LogP contribution in [-0.4, -0.2) is 182 Å². The number of aliphatic carboxylic acids is 2. The predicted octanol–water partition coefficient (Wildman–Crippen LogP) is 5.48. The minimum Gasteiger partial charge on any atom is -0.548 e. The van der Waals surface area contributed by atoms with Crippen molar-refractivity contribution >= 4 is 49.7 Å². The summed E-state index contributed by atoms with van der Waals surface area (Å²) >= 11 is 0. The van der Waals surface area contributed by atoms with Crippen LogP contribution in [0.2, 0.25) is 0 Å². The number of aromatic amines is 4. The van der Waals surface area contributed by atoms with Gasteiger partial charge in [0.05, 0.1) is 50.2 Å². The topological polar surface area (TPSA) is 214 Å². The van der Waals surface area contributed by atoms with E-state index in [0.717, 1.165) is 112 Å². The number of likely N-dealkylation sites (tertiary alicyclic amines) is 4. The average Bonchev–Trinajstić information content (AvgIpc) is 4.46. The Kier molecular flexibility index (Phi) is 22.0. The van der Waals surface area contributed by atoms with E-state index in [1.54, 1.807) is 24.8 Å².